The van der Waals surface area contributed by atoms with Gasteiger partial charge >= 0.3 is 0 Å². The highest BCUT2D eigenvalue weighted by atomic mass is 19.1. The molecule has 1 fully saturated rings. The molecule has 0 radical (unpaired) electrons. The highest BCUT2D eigenvalue weighted by molar-refractivity contribution is 5.94. The van der Waals surface area contributed by atoms with Gasteiger partial charge in [0.1, 0.15) is 12.1 Å². The SMILES string of the molecule is CC(C)[C@H]1CN(C(=O)c2ccoc2)CCC(=O)N1Cc1ccc(F)cc1. The van der Waals surface area contributed by atoms with E-state index in [1.165, 1.54) is 24.7 Å². The standard InChI is InChI=1S/C20H23FN2O3/c1-14(2)18-12-22(20(25)16-8-10-26-13-16)9-7-19(24)23(18)11-15-3-5-17(21)6-4-15/h3-6,8,10,13-14,18H,7,9,11-12H2,1-2H3/t18-/m1/s1. The Morgan fingerprint density at radius 2 is 2.00 bits per heavy atom. The topological polar surface area (TPSA) is 53.8 Å². The normalized spacial score (nSPS) is 18.3. The second-order valence-corrected chi connectivity index (χ2v) is 6.97. The third-order valence-corrected chi connectivity index (χ3v) is 4.81. The number of nitrogens with zero attached hydrogens (tertiary/aromatic N) is 2. The lowest BCUT2D eigenvalue weighted by atomic mass is 10.0. The van der Waals surface area contributed by atoms with E-state index in [0.29, 0.717) is 25.2 Å². The fourth-order valence-electron chi connectivity index (χ4n) is 3.29. The predicted molar refractivity (Wildman–Crippen MR) is 94.8 cm³/mol. The van der Waals surface area contributed by atoms with Crippen molar-refractivity contribution >= 4 is 11.8 Å². The van der Waals surface area contributed by atoms with E-state index >= 15 is 0 Å². The molecule has 26 heavy (non-hydrogen) atoms. The van der Waals surface area contributed by atoms with Gasteiger partial charge in [-0.2, -0.15) is 0 Å². The fraction of sp³-hybridized carbons (Fsp3) is 0.400. The van der Waals surface area contributed by atoms with Crippen molar-refractivity contribution < 1.29 is 18.4 Å². The minimum atomic E-state index is -0.298. The van der Waals surface area contributed by atoms with Gasteiger partial charge in [0, 0.05) is 26.1 Å². The molecule has 1 aromatic carbocycles. The van der Waals surface area contributed by atoms with Crippen LogP contribution in [0.4, 0.5) is 4.39 Å². The van der Waals surface area contributed by atoms with E-state index < -0.39 is 0 Å². The number of carbonyl (C=O) groups excluding carboxylic acids is 2. The minimum Gasteiger partial charge on any atom is -0.472 e. The maximum absolute atomic E-state index is 13.2. The molecule has 138 valence electrons. The van der Waals surface area contributed by atoms with Gasteiger partial charge < -0.3 is 14.2 Å². The molecule has 0 N–H and O–H groups in total. The Morgan fingerprint density at radius 3 is 2.62 bits per heavy atom. The number of hydrogen-bond donors (Lipinski definition) is 0. The van der Waals surface area contributed by atoms with Gasteiger partial charge in [0.15, 0.2) is 0 Å². The molecule has 1 atom stereocenters. The Labute approximate surface area is 152 Å². The summed E-state index contributed by atoms with van der Waals surface area (Å²) in [6.07, 6.45) is 3.17. The largest absolute Gasteiger partial charge is 0.472 e. The zero-order valence-corrected chi connectivity index (χ0v) is 15.0. The van der Waals surface area contributed by atoms with Crippen LogP contribution in [0.15, 0.2) is 47.3 Å². The van der Waals surface area contributed by atoms with Crippen LogP contribution < -0.4 is 0 Å². The van der Waals surface area contributed by atoms with Crippen molar-refractivity contribution in [2.24, 2.45) is 5.92 Å². The van der Waals surface area contributed by atoms with Gasteiger partial charge in [0.05, 0.1) is 17.9 Å². The second kappa shape index (κ2) is 7.72. The van der Waals surface area contributed by atoms with Crippen LogP contribution in [0.1, 0.15) is 36.2 Å². The summed E-state index contributed by atoms with van der Waals surface area (Å²) >= 11 is 0. The summed E-state index contributed by atoms with van der Waals surface area (Å²) in [5.41, 5.74) is 1.37. The average Bonchev–Trinajstić information content (AvgIpc) is 3.10. The Bertz CT molecular complexity index is 756. The number of rotatable bonds is 4. The van der Waals surface area contributed by atoms with E-state index in [4.69, 9.17) is 4.42 Å². The number of benzene rings is 1. The van der Waals surface area contributed by atoms with Gasteiger partial charge in [-0.1, -0.05) is 26.0 Å². The van der Waals surface area contributed by atoms with Crippen LogP contribution in [0, 0.1) is 11.7 Å². The Balaban J connectivity index is 1.81. The molecule has 0 aliphatic carbocycles. The first-order valence-electron chi connectivity index (χ1n) is 8.81. The van der Waals surface area contributed by atoms with Crippen molar-refractivity contribution in [3.63, 3.8) is 0 Å². The van der Waals surface area contributed by atoms with Crippen LogP contribution in [-0.2, 0) is 11.3 Å². The zero-order valence-electron chi connectivity index (χ0n) is 15.0. The molecule has 1 aliphatic heterocycles. The van der Waals surface area contributed by atoms with Crippen LogP contribution in [0.25, 0.3) is 0 Å². The van der Waals surface area contributed by atoms with Crippen molar-refractivity contribution in [3.8, 4) is 0 Å². The molecule has 6 heteroatoms. The second-order valence-electron chi connectivity index (χ2n) is 6.97. The summed E-state index contributed by atoms with van der Waals surface area (Å²) in [5.74, 6) is -0.235. The van der Waals surface area contributed by atoms with Crippen LogP contribution in [0.3, 0.4) is 0 Å². The molecule has 1 saturated heterocycles. The molecule has 2 amide bonds. The molecule has 0 bridgehead atoms. The van der Waals surface area contributed by atoms with Gasteiger partial charge in [-0.3, -0.25) is 9.59 Å². The highest BCUT2D eigenvalue weighted by Crippen LogP contribution is 2.22. The molecule has 2 heterocycles. The molecular weight excluding hydrogens is 335 g/mol. The Hall–Kier alpha value is -2.63. The van der Waals surface area contributed by atoms with Crippen LogP contribution in [-0.4, -0.2) is 40.7 Å². The summed E-state index contributed by atoms with van der Waals surface area (Å²) in [6, 6.07) is 7.72. The number of carbonyl (C=O) groups is 2. The first kappa shape index (κ1) is 18.2. The highest BCUT2D eigenvalue weighted by Gasteiger charge is 2.33. The van der Waals surface area contributed by atoms with Gasteiger partial charge in [-0.25, -0.2) is 4.39 Å². The van der Waals surface area contributed by atoms with Gasteiger partial charge in [-0.15, -0.1) is 0 Å². The van der Waals surface area contributed by atoms with Crippen LogP contribution in [0.2, 0.25) is 0 Å². The lowest BCUT2D eigenvalue weighted by molar-refractivity contribution is -0.134. The first-order valence-corrected chi connectivity index (χ1v) is 8.81. The summed E-state index contributed by atoms with van der Waals surface area (Å²) in [7, 11) is 0. The van der Waals surface area contributed by atoms with Crippen LogP contribution in [0.5, 0.6) is 0 Å². The number of halogens is 1. The average molecular weight is 358 g/mol. The van der Waals surface area contributed by atoms with E-state index in [9.17, 15) is 14.0 Å². The molecule has 0 unspecified atom stereocenters. The van der Waals surface area contributed by atoms with Crippen molar-refractivity contribution in [2.45, 2.75) is 32.9 Å². The van der Waals surface area contributed by atoms with E-state index in [2.05, 4.69) is 0 Å². The van der Waals surface area contributed by atoms with Crippen molar-refractivity contribution in [1.29, 1.82) is 0 Å². The minimum absolute atomic E-state index is 0.00974. The third-order valence-electron chi connectivity index (χ3n) is 4.81. The van der Waals surface area contributed by atoms with E-state index in [0.717, 1.165) is 5.56 Å². The number of hydrogen-bond acceptors (Lipinski definition) is 3. The maximum Gasteiger partial charge on any atom is 0.257 e. The Morgan fingerprint density at radius 1 is 1.27 bits per heavy atom. The summed E-state index contributed by atoms with van der Waals surface area (Å²) in [5, 5.41) is 0. The predicted octanol–water partition coefficient (Wildman–Crippen LogP) is 3.32. The third kappa shape index (κ3) is 3.95. The van der Waals surface area contributed by atoms with Crippen molar-refractivity contribution in [2.75, 3.05) is 13.1 Å². The molecule has 0 spiro atoms. The van der Waals surface area contributed by atoms with Gasteiger partial charge in [-0.05, 0) is 29.7 Å². The molecule has 5 nitrogen and oxygen atoms in total. The van der Waals surface area contributed by atoms with Crippen molar-refractivity contribution in [1.82, 2.24) is 9.80 Å². The lowest BCUT2D eigenvalue weighted by Gasteiger charge is -2.34. The molecular formula is C20H23FN2O3. The lowest BCUT2D eigenvalue weighted by Crippen LogP contribution is -2.47. The Kier molecular flexibility index (Phi) is 5.40. The first-order chi connectivity index (χ1) is 12.5. The molecule has 2 aromatic rings. The van der Waals surface area contributed by atoms with Gasteiger partial charge in [0.2, 0.25) is 5.91 Å². The quantitative estimate of drug-likeness (QED) is 0.842. The summed E-state index contributed by atoms with van der Waals surface area (Å²) in [6.45, 7) is 5.35. The van der Waals surface area contributed by atoms with E-state index in [1.807, 2.05) is 18.7 Å². The van der Waals surface area contributed by atoms with Crippen LogP contribution >= 0.6 is 0 Å². The molecule has 1 aliphatic rings. The molecule has 1 aromatic heterocycles. The smallest absolute Gasteiger partial charge is 0.257 e. The van der Waals surface area contributed by atoms with E-state index in [-0.39, 0.29) is 36.0 Å². The zero-order chi connectivity index (χ0) is 18.7. The molecule has 3 rings (SSSR count). The van der Waals surface area contributed by atoms with Crippen molar-refractivity contribution in [3.05, 3.63) is 59.8 Å². The maximum atomic E-state index is 13.2. The fourth-order valence-corrected chi connectivity index (χ4v) is 3.29. The monoisotopic (exact) mass is 358 g/mol. The van der Waals surface area contributed by atoms with Gasteiger partial charge in [0.25, 0.3) is 5.91 Å². The van der Waals surface area contributed by atoms with E-state index in [1.54, 1.807) is 23.1 Å². The molecule has 0 saturated carbocycles. The number of furan rings is 1. The summed E-state index contributed by atoms with van der Waals surface area (Å²) in [4.78, 5) is 29.0. The number of amides is 2. The summed E-state index contributed by atoms with van der Waals surface area (Å²) < 4.78 is 18.2.